The highest BCUT2D eigenvalue weighted by molar-refractivity contribution is 5.78. The Balaban J connectivity index is 2.13. The lowest BCUT2D eigenvalue weighted by molar-refractivity contribution is -0.138. The molecule has 18 heavy (non-hydrogen) atoms. The minimum Gasteiger partial charge on any atom is -0.480 e. The Morgan fingerprint density at radius 1 is 1.56 bits per heavy atom. The van der Waals surface area contributed by atoms with Crippen molar-refractivity contribution in [3.05, 3.63) is 18.1 Å². The maximum atomic E-state index is 11.2. The summed E-state index contributed by atoms with van der Waals surface area (Å²) < 4.78 is 1.59. The highest BCUT2D eigenvalue weighted by Crippen LogP contribution is 2.25. The van der Waals surface area contributed by atoms with Crippen LogP contribution in [0, 0.1) is 6.92 Å². The third kappa shape index (κ3) is 1.59. The van der Waals surface area contributed by atoms with Gasteiger partial charge in [0, 0.05) is 18.3 Å². The van der Waals surface area contributed by atoms with Crippen LogP contribution in [0.1, 0.15) is 18.5 Å². The van der Waals surface area contributed by atoms with Gasteiger partial charge in [0.2, 0.25) is 0 Å². The molecule has 0 bridgehead atoms. The van der Waals surface area contributed by atoms with E-state index in [1.165, 1.54) is 6.33 Å². The standard InChI is InChI=1S/C11H13N5O2/c1-7-5-9(16-11(14-7)12-6-13-16)15-4-2-3-8(15)10(17)18/h5-6,8H,2-4H2,1H3,(H,17,18)/t8-/m0/s1. The SMILES string of the molecule is Cc1cc(N2CCC[C@H]2C(=O)O)n2ncnc2n1. The van der Waals surface area contributed by atoms with Crippen LogP contribution in [-0.4, -0.2) is 43.2 Å². The molecule has 0 spiro atoms. The van der Waals surface area contributed by atoms with Crippen molar-refractivity contribution < 1.29 is 9.90 Å². The second-order valence-electron chi connectivity index (χ2n) is 4.42. The van der Waals surface area contributed by atoms with Gasteiger partial charge >= 0.3 is 5.97 Å². The molecule has 2 aromatic heterocycles. The number of aromatic nitrogens is 4. The summed E-state index contributed by atoms with van der Waals surface area (Å²) in [5.74, 6) is 0.455. The number of aliphatic carboxylic acids is 1. The average molecular weight is 247 g/mol. The van der Waals surface area contributed by atoms with Gasteiger partial charge < -0.3 is 10.0 Å². The number of carbonyl (C=O) groups is 1. The smallest absolute Gasteiger partial charge is 0.326 e. The van der Waals surface area contributed by atoms with Gasteiger partial charge in [-0.2, -0.15) is 14.6 Å². The number of aryl methyl sites for hydroxylation is 1. The van der Waals surface area contributed by atoms with Crippen LogP contribution in [0.5, 0.6) is 0 Å². The van der Waals surface area contributed by atoms with Gasteiger partial charge in [0.15, 0.2) is 0 Å². The normalized spacial score (nSPS) is 19.6. The molecule has 0 saturated carbocycles. The zero-order valence-corrected chi connectivity index (χ0v) is 9.94. The molecule has 1 atom stereocenters. The van der Waals surface area contributed by atoms with E-state index in [-0.39, 0.29) is 0 Å². The van der Waals surface area contributed by atoms with Gasteiger partial charge in [0.1, 0.15) is 18.2 Å². The lowest BCUT2D eigenvalue weighted by Crippen LogP contribution is -2.37. The van der Waals surface area contributed by atoms with Crippen LogP contribution in [0.25, 0.3) is 5.78 Å². The highest BCUT2D eigenvalue weighted by Gasteiger charge is 2.32. The molecule has 7 nitrogen and oxygen atoms in total. The highest BCUT2D eigenvalue weighted by atomic mass is 16.4. The molecule has 3 rings (SSSR count). The van der Waals surface area contributed by atoms with Crippen LogP contribution in [0.4, 0.5) is 5.82 Å². The molecular formula is C11H13N5O2. The predicted octanol–water partition coefficient (Wildman–Crippen LogP) is 0.486. The molecule has 3 heterocycles. The molecule has 94 valence electrons. The average Bonchev–Trinajstić information content (AvgIpc) is 2.95. The number of anilines is 1. The fourth-order valence-electron chi connectivity index (χ4n) is 2.41. The first-order valence-corrected chi connectivity index (χ1v) is 5.83. The van der Waals surface area contributed by atoms with E-state index in [2.05, 4.69) is 15.1 Å². The molecular weight excluding hydrogens is 234 g/mol. The lowest BCUT2D eigenvalue weighted by atomic mass is 10.2. The number of fused-ring (bicyclic) bond motifs is 1. The Hall–Kier alpha value is -2.18. The fraction of sp³-hybridized carbons (Fsp3) is 0.455. The van der Waals surface area contributed by atoms with E-state index >= 15 is 0 Å². The summed E-state index contributed by atoms with van der Waals surface area (Å²) in [6.45, 7) is 2.58. The van der Waals surface area contributed by atoms with Crippen LogP contribution < -0.4 is 4.90 Å². The monoisotopic (exact) mass is 247 g/mol. The van der Waals surface area contributed by atoms with Crippen molar-refractivity contribution in [2.45, 2.75) is 25.8 Å². The van der Waals surface area contributed by atoms with E-state index in [1.54, 1.807) is 4.52 Å². The van der Waals surface area contributed by atoms with Gasteiger partial charge in [-0.25, -0.2) is 9.78 Å². The molecule has 1 N–H and O–H groups in total. The number of hydrogen-bond donors (Lipinski definition) is 1. The summed E-state index contributed by atoms with van der Waals surface area (Å²) in [6, 6.07) is 1.36. The Morgan fingerprint density at radius 2 is 2.39 bits per heavy atom. The van der Waals surface area contributed by atoms with Crippen LogP contribution in [0.3, 0.4) is 0 Å². The molecule has 1 aliphatic heterocycles. The first-order valence-electron chi connectivity index (χ1n) is 5.83. The Morgan fingerprint density at radius 3 is 3.17 bits per heavy atom. The second-order valence-corrected chi connectivity index (χ2v) is 4.42. The van der Waals surface area contributed by atoms with E-state index in [4.69, 9.17) is 0 Å². The van der Waals surface area contributed by atoms with E-state index in [1.807, 2.05) is 17.9 Å². The molecule has 7 heteroatoms. The van der Waals surface area contributed by atoms with Crippen molar-refractivity contribution in [1.82, 2.24) is 19.6 Å². The zero-order valence-electron chi connectivity index (χ0n) is 9.94. The maximum absolute atomic E-state index is 11.2. The largest absolute Gasteiger partial charge is 0.480 e. The van der Waals surface area contributed by atoms with Crippen molar-refractivity contribution in [1.29, 1.82) is 0 Å². The van der Waals surface area contributed by atoms with Gasteiger partial charge in [0.25, 0.3) is 5.78 Å². The van der Waals surface area contributed by atoms with Crippen LogP contribution in [-0.2, 0) is 4.79 Å². The molecule has 0 radical (unpaired) electrons. The molecule has 1 fully saturated rings. The summed E-state index contributed by atoms with van der Waals surface area (Å²) in [5.41, 5.74) is 0.807. The third-order valence-corrected chi connectivity index (χ3v) is 3.19. The Kier molecular flexibility index (Phi) is 2.39. The van der Waals surface area contributed by atoms with Gasteiger partial charge in [-0.05, 0) is 19.8 Å². The topological polar surface area (TPSA) is 83.6 Å². The minimum absolute atomic E-state index is 0.487. The van der Waals surface area contributed by atoms with E-state index < -0.39 is 12.0 Å². The van der Waals surface area contributed by atoms with Crippen molar-refractivity contribution in [3.8, 4) is 0 Å². The summed E-state index contributed by atoms with van der Waals surface area (Å²) in [6.07, 6.45) is 2.96. The summed E-state index contributed by atoms with van der Waals surface area (Å²) in [5, 5.41) is 13.3. The molecule has 1 saturated heterocycles. The molecule has 0 unspecified atom stereocenters. The summed E-state index contributed by atoms with van der Waals surface area (Å²) in [7, 11) is 0. The van der Waals surface area contributed by atoms with Crippen LogP contribution in [0.15, 0.2) is 12.4 Å². The molecule has 0 aliphatic carbocycles. The molecule has 0 aromatic carbocycles. The van der Waals surface area contributed by atoms with Gasteiger partial charge in [-0.1, -0.05) is 0 Å². The number of carboxylic acid groups (broad SMARTS) is 1. The van der Waals surface area contributed by atoms with E-state index in [9.17, 15) is 9.90 Å². The van der Waals surface area contributed by atoms with Crippen molar-refractivity contribution in [2.75, 3.05) is 11.4 Å². The van der Waals surface area contributed by atoms with Gasteiger partial charge in [0.05, 0.1) is 0 Å². The fourth-order valence-corrected chi connectivity index (χ4v) is 2.41. The quantitative estimate of drug-likeness (QED) is 0.831. The van der Waals surface area contributed by atoms with Crippen LogP contribution >= 0.6 is 0 Å². The molecule has 1 aliphatic rings. The van der Waals surface area contributed by atoms with E-state index in [0.717, 1.165) is 24.5 Å². The predicted molar refractivity (Wildman–Crippen MR) is 63.5 cm³/mol. The number of rotatable bonds is 2. The van der Waals surface area contributed by atoms with Crippen molar-refractivity contribution in [2.24, 2.45) is 0 Å². The zero-order chi connectivity index (χ0) is 12.7. The minimum atomic E-state index is -0.796. The number of nitrogens with zero attached hydrogens (tertiary/aromatic N) is 5. The number of hydrogen-bond acceptors (Lipinski definition) is 5. The van der Waals surface area contributed by atoms with E-state index in [0.29, 0.717) is 12.2 Å². The van der Waals surface area contributed by atoms with Crippen molar-refractivity contribution in [3.63, 3.8) is 0 Å². The summed E-state index contributed by atoms with van der Waals surface area (Å²) >= 11 is 0. The molecule has 2 aromatic rings. The van der Waals surface area contributed by atoms with Gasteiger partial charge in [-0.15, -0.1) is 0 Å². The summed E-state index contributed by atoms with van der Waals surface area (Å²) in [4.78, 5) is 21.4. The first-order chi connectivity index (χ1) is 8.66. The molecule has 0 amide bonds. The first kappa shape index (κ1) is 10.9. The third-order valence-electron chi connectivity index (χ3n) is 3.19. The second kappa shape index (κ2) is 3.94. The van der Waals surface area contributed by atoms with Crippen LogP contribution in [0.2, 0.25) is 0 Å². The Bertz CT molecular complexity index is 608. The van der Waals surface area contributed by atoms with Crippen molar-refractivity contribution >= 4 is 17.6 Å². The number of carboxylic acids is 1. The maximum Gasteiger partial charge on any atom is 0.326 e. The van der Waals surface area contributed by atoms with Gasteiger partial charge in [-0.3, -0.25) is 0 Å². The Labute approximate surface area is 103 Å². The lowest BCUT2D eigenvalue weighted by Gasteiger charge is -2.23.